The number of fused-ring (bicyclic) bond motifs is 3. The maximum absolute atomic E-state index is 14.5. The molecule has 3 aliphatic rings. The van der Waals surface area contributed by atoms with Crippen molar-refractivity contribution in [3.8, 4) is 17.2 Å². The fraction of sp³-hybridized carbons (Fsp3) is 0.360. The number of phenolic OH excluding ortho intramolecular Hbond substituents is 2. The molecule has 31 nitrogen and oxygen atoms in total. The van der Waals surface area contributed by atoms with Gasteiger partial charge in [0.1, 0.15) is 84.9 Å². The van der Waals surface area contributed by atoms with Crippen LogP contribution in [0.15, 0.2) is 157 Å². The Hall–Kier alpha value is -10.7. The predicted molar refractivity (Wildman–Crippen MR) is 487 cm³/mol. The Morgan fingerprint density at radius 2 is 0.865 bits per heavy atom. The summed E-state index contributed by atoms with van der Waals surface area (Å²) >= 11 is 17.2. The van der Waals surface area contributed by atoms with Crippen molar-refractivity contribution in [3.63, 3.8) is 0 Å². The average molecular weight is 2000 g/mol. The van der Waals surface area contributed by atoms with Crippen molar-refractivity contribution in [1.82, 2.24) is 44.8 Å². The first-order chi connectivity index (χ1) is 62.5. The predicted octanol–water partition coefficient (Wildman–Crippen LogP) is 15.9. The molecule has 0 radical (unpaired) electrons. The van der Waals surface area contributed by atoms with E-state index in [1.807, 2.05) is 6.92 Å². The molecule has 5 amide bonds. The van der Waals surface area contributed by atoms with Crippen molar-refractivity contribution in [3.05, 3.63) is 224 Å². The molecular formula is C89H99Cl4F6N9O22P2S. The number of nitrogens with zero attached hydrogens (tertiary/aromatic N) is 5. The number of ether oxygens (including phenoxy) is 1. The van der Waals surface area contributed by atoms with Gasteiger partial charge in [-0.25, -0.2) is 26.3 Å². The highest BCUT2D eigenvalue weighted by Crippen LogP contribution is 2.50. The molecule has 0 aliphatic carbocycles. The summed E-state index contributed by atoms with van der Waals surface area (Å²) in [6.45, 7) is 11.9. The fourth-order valence-electron chi connectivity index (χ4n) is 14.3. The number of carbonyl (C=O) groups is 9. The fourth-order valence-corrected chi connectivity index (χ4v) is 18.9. The first-order valence-electron chi connectivity index (χ1n) is 41.2. The van der Waals surface area contributed by atoms with E-state index in [1.165, 1.54) is 115 Å². The number of carbonyl (C=O) groups excluding carboxylic acids is 8. The number of nitrogens with one attached hydrogen (secondary N) is 4. The number of rotatable bonds is 33. The van der Waals surface area contributed by atoms with E-state index >= 15 is 0 Å². The number of amides is 5. The molecule has 3 fully saturated rings. The van der Waals surface area contributed by atoms with Crippen LogP contribution >= 0.6 is 62.4 Å². The highest BCUT2D eigenvalue weighted by molar-refractivity contribution is 7.87. The van der Waals surface area contributed by atoms with Crippen molar-refractivity contribution in [1.29, 1.82) is 0 Å². The van der Waals surface area contributed by atoms with E-state index in [-0.39, 0.29) is 189 Å². The second-order valence-corrected chi connectivity index (χ2v) is 37.0. The zero-order chi connectivity index (χ0) is 96.8. The van der Waals surface area contributed by atoms with E-state index in [1.54, 1.807) is 99.0 Å². The summed E-state index contributed by atoms with van der Waals surface area (Å²) in [5.41, 5.74) is 4.33. The minimum atomic E-state index is -3.98. The molecule has 3 aromatic heterocycles. The van der Waals surface area contributed by atoms with E-state index in [2.05, 4.69) is 21.3 Å². The number of carboxylic acid groups (broad SMARTS) is 1. The normalized spacial score (nSPS) is 16.4. The minimum Gasteiger partial charge on any atom is -0.508 e. The molecule has 0 bridgehead atoms. The summed E-state index contributed by atoms with van der Waals surface area (Å²) in [6, 6.07) is 30.7. The number of hydrogen-bond donors (Lipinski definition) is 7. The molecule has 3 saturated heterocycles. The van der Waals surface area contributed by atoms with Gasteiger partial charge >= 0.3 is 21.2 Å². The Labute approximate surface area is 782 Å². The zero-order valence-electron chi connectivity index (χ0n) is 73.1. The molecule has 718 valence electrons. The van der Waals surface area contributed by atoms with Crippen LogP contribution in [0.4, 0.5) is 26.3 Å². The van der Waals surface area contributed by atoms with E-state index in [0.29, 0.717) is 60.7 Å². The maximum Gasteiger partial charge on any atom is 0.367 e. The number of alkyl halides is 3. The van der Waals surface area contributed by atoms with Gasteiger partial charge in [0.15, 0.2) is 30.0 Å². The molecule has 3 aliphatic heterocycles. The van der Waals surface area contributed by atoms with Crippen LogP contribution in [0.5, 0.6) is 17.2 Å². The topological polar surface area (TPSA) is 407 Å². The number of carboxylic acids is 1. The van der Waals surface area contributed by atoms with Crippen molar-refractivity contribution in [2.75, 3.05) is 58.8 Å². The first kappa shape index (κ1) is 108. The van der Waals surface area contributed by atoms with Gasteiger partial charge in [-0.2, -0.15) is 8.42 Å². The zero-order valence-corrected chi connectivity index (χ0v) is 78.8. The second kappa shape index (κ2) is 49.0. The number of benzene rings is 7. The molecule has 133 heavy (non-hydrogen) atoms. The lowest BCUT2D eigenvalue weighted by molar-refractivity contribution is -0.139. The largest absolute Gasteiger partial charge is 0.508 e. The van der Waals surface area contributed by atoms with E-state index in [9.17, 15) is 97.3 Å². The number of hydrogen-bond acceptors (Lipinski definition) is 22. The van der Waals surface area contributed by atoms with Gasteiger partial charge in [0.25, 0.3) is 10.1 Å². The number of aromatic nitrogens is 3. The van der Waals surface area contributed by atoms with Crippen LogP contribution in [0, 0.1) is 24.4 Å². The lowest BCUT2D eigenvalue weighted by Crippen LogP contribution is -2.46. The Morgan fingerprint density at radius 3 is 1.23 bits per heavy atom. The summed E-state index contributed by atoms with van der Waals surface area (Å²) in [5, 5.41) is 39.8. The molecule has 6 atom stereocenters. The Morgan fingerprint density at radius 1 is 0.496 bits per heavy atom. The monoisotopic (exact) mass is 1990 g/mol. The molecular weight excluding hydrogens is 1900 g/mol. The molecule has 44 heteroatoms. The van der Waals surface area contributed by atoms with Gasteiger partial charge in [-0.15, -0.1) is 12.4 Å². The van der Waals surface area contributed by atoms with Crippen molar-refractivity contribution in [2.45, 2.75) is 155 Å². The van der Waals surface area contributed by atoms with Crippen LogP contribution in [0.3, 0.4) is 0 Å². The molecule has 0 unspecified atom stereocenters. The van der Waals surface area contributed by atoms with Crippen molar-refractivity contribution >= 4 is 158 Å². The summed E-state index contributed by atoms with van der Waals surface area (Å²) < 4.78 is 168. The number of aromatic hydroxyl groups is 2. The van der Waals surface area contributed by atoms with Crippen molar-refractivity contribution < 1.29 is 129 Å². The summed E-state index contributed by atoms with van der Waals surface area (Å²) in [4.78, 5) is 113. The molecule has 0 saturated carbocycles. The smallest absolute Gasteiger partial charge is 0.367 e. The van der Waals surface area contributed by atoms with Gasteiger partial charge in [-0.05, 0) is 140 Å². The lowest BCUT2D eigenvalue weighted by atomic mass is 10.1. The quantitative estimate of drug-likeness (QED) is 0.00869. The molecule has 0 spiro atoms. The number of Topliss-reactive ketones (excluding diaryl/α,β-unsaturated/α-hetero) is 3. The number of phenols is 2. The first-order valence-corrected chi connectivity index (χ1v) is 47.2. The molecule has 7 aromatic carbocycles. The SMILES string of the molecule is CC(=O)c1cn(CC(=O)N2C[C@H](F)C[C@H]2C(=O)NCc2cccc(Cl)c2F)c2ccc(O)cc12.CC(=O)c1cn(CC(=O)O)c2ccc(O)cc12.CCOP(=O)(COS(=O)(=O)c1ccc(C)cc1)OCC.CCOP(=O)(COc1ccc2c(c1)c(C(C)=O)cn2CC(=O)N1C[C@H](F)C[C@H]1C(=O)NCc1cccc(Cl)c1F)OCC.Cl.O=C(NCc1cccc(Cl)c1F)[C@@H]1C[C@@H](F)CN1. The van der Waals surface area contributed by atoms with Gasteiger partial charge in [0, 0.05) is 130 Å². The summed E-state index contributed by atoms with van der Waals surface area (Å²) in [6.07, 6.45) is -0.455. The van der Waals surface area contributed by atoms with E-state index in [4.69, 9.17) is 66.9 Å². The van der Waals surface area contributed by atoms with Gasteiger partial charge in [0.2, 0.25) is 29.5 Å². The standard InChI is InChI=1S/C29H33ClF2N3O7P.C24H22ClF2N3O4.C12H13ClF2N2O.C12H11NO4.C12H19O6PS.ClH/c1-4-41-43(39,42-5-2)17-40-21-9-10-25-22(12-21)23(18(3)36)15-34(25)16-27(37)35-14-20(31)11-26(35)29(38)33-13-19-7-6-8-24(30)28(19)32;1-13(31)18-11-29(20-6-5-16(32)8-17(18)20)12-22(33)30-10-15(26)7-21(30)24(34)28-9-14-3-2-4-19(25)23(14)27;13-9-3-1-2-7(11(9)15)5-17-12(18)10-4-8(14)6-16-10;1-7(14)10-5-13(6-12(16)17)11-3-2-8(15)4-9(10)11;1-4-16-19(13,17-5-2)10-18-20(14,15)12-8-6-11(3)7-9-12;/h6-10,12,15,20,26H,4-5,11,13-14,16-17H2,1-3H3,(H,33,38);2-6,8,11,15,21,32H,7,9-10,12H2,1H3,(H,28,34);1-3,8,10,16H,4-6H2,(H,17,18);2-5,15H,6H2,1H3,(H,16,17);6-9H,4-5,10H2,1-3H3;1H/t20-,26+;15-,21+;8-,10+;;;/m111.../s1. The van der Waals surface area contributed by atoms with Crippen molar-refractivity contribution in [2.24, 2.45) is 0 Å². The summed E-state index contributed by atoms with van der Waals surface area (Å²) in [5.74, 6) is -5.75. The number of likely N-dealkylation sites (tertiary alicyclic amines) is 2. The maximum atomic E-state index is 14.5. The van der Waals surface area contributed by atoms with E-state index in [0.717, 1.165) is 15.4 Å². The van der Waals surface area contributed by atoms with Gasteiger partial charge in [-0.1, -0.05) is 88.9 Å². The van der Waals surface area contributed by atoms with Crippen LogP contribution in [0.25, 0.3) is 32.7 Å². The second-order valence-electron chi connectivity index (χ2n) is 30.2. The summed E-state index contributed by atoms with van der Waals surface area (Å²) in [7, 11) is -11.0. The van der Waals surface area contributed by atoms with Crippen LogP contribution < -0.4 is 26.0 Å². The lowest BCUT2D eigenvalue weighted by Gasteiger charge is -2.24. The highest BCUT2D eigenvalue weighted by Gasteiger charge is 2.42. The minimum absolute atomic E-state index is 0. The number of aryl methyl sites for hydroxylation is 1. The molecule has 7 N–H and O–H groups in total. The Bertz CT molecular complexity index is 6100. The third-order valence-corrected chi connectivity index (χ3v) is 26.4. The Kier molecular flexibility index (Phi) is 39.6. The van der Waals surface area contributed by atoms with Gasteiger partial charge in [-0.3, -0.25) is 56.5 Å². The van der Waals surface area contributed by atoms with Crippen LogP contribution in [0.2, 0.25) is 15.1 Å². The third-order valence-electron chi connectivity index (χ3n) is 20.6. The number of aliphatic carboxylic acids is 1. The van der Waals surface area contributed by atoms with E-state index < -0.39 is 115 Å². The van der Waals surface area contributed by atoms with Crippen LogP contribution in [-0.2, 0) is 110 Å². The highest BCUT2D eigenvalue weighted by atomic mass is 35.5. The molecule has 13 rings (SSSR count). The molecule has 6 heterocycles. The third kappa shape index (κ3) is 29.2. The number of ketones is 3. The number of halogens is 10. The average Bonchev–Trinajstić information content (AvgIpc) is 1.64. The molecule has 10 aromatic rings. The Balaban J connectivity index is 0.000000215. The van der Waals surface area contributed by atoms with Crippen LogP contribution in [0.1, 0.15) is 121 Å². The van der Waals surface area contributed by atoms with Gasteiger partial charge < -0.3 is 82.9 Å². The van der Waals surface area contributed by atoms with Gasteiger partial charge in [0.05, 0.1) is 65.5 Å². The van der Waals surface area contributed by atoms with Crippen LogP contribution in [-0.4, -0.2) is 195 Å².